The number of hydrogen-bond donors (Lipinski definition) is 6. The number of aliphatic hydroxyl groups is 3. The Labute approximate surface area is 151 Å². The van der Waals surface area contributed by atoms with Crippen molar-refractivity contribution in [1.29, 1.82) is 0 Å². The van der Waals surface area contributed by atoms with Gasteiger partial charge in [-0.1, -0.05) is 0 Å². The fourth-order valence-electron chi connectivity index (χ4n) is 1.90. The van der Waals surface area contributed by atoms with E-state index >= 15 is 0 Å². The first-order valence-corrected chi connectivity index (χ1v) is 7.20. The number of aromatic hydroxyl groups is 3. The number of phenolic OH excluding ortho intramolecular Hbond substituents is 3. The Hall–Kier alpha value is -3.09. The number of hydrogen-bond acceptors (Lipinski definition) is 12. The lowest BCUT2D eigenvalue weighted by Gasteiger charge is -2.26. The quantitative estimate of drug-likeness (QED) is 0.166. The highest BCUT2D eigenvalue weighted by Crippen LogP contribution is 2.35. The first-order chi connectivity index (χ1) is 12.5. The van der Waals surface area contributed by atoms with E-state index < -0.39 is 65.1 Å². The van der Waals surface area contributed by atoms with Gasteiger partial charge in [0.15, 0.2) is 23.4 Å². The monoisotopic (exact) mass is 390 g/mol. The molecule has 0 saturated carbocycles. The number of carbonyl (C=O) groups is 3. The maximum Gasteiger partial charge on any atom is 0.350 e. The van der Waals surface area contributed by atoms with Crippen LogP contribution in [0.3, 0.4) is 0 Å². The molecule has 1 aromatic rings. The van der Waals surface area contributed by atoms with E-state index in [0.29, 0.717) is 12.1 Å². The molecule has 0 aliphatic carbocycles. The zero-order chi connectivity index (χ0) is 20.9. The van der Waals surface area contributed by atoms with Gasteiger partial charge >= 0.3 is 17.9 Å². The molecule has 0 heterocycles. The molecule has 4 atom stereocenters. The third-order valence-electron chi connectivity index (χ3n) is 3.40. The molecular weight excluding hydrogens is 372 g/mol. The Morgan fingerprint density at radius 3 is 1.78 bits per heavy atom. The fourth-order valence-corrected chi connectivity index (χ4v) is 1.90. The van der Waals surface area contributed by atoms with Crippen LogP contribution < -0.4 is 0 Å². The topological polar surface area (TPSA) is 200 Å². The van der Waals surface area contributed by atoms with Crippen LogP contribution in [0, 0.1) is 0 Å². The molecule has 0 aliphatic rings. The maximum absolute atomic E-state index is 12.1. The number of aliphatic hydroxyl groups excluding tert-OH is 3. The number of phenols is 3. The lowest BCUT2D eigenvalue weighted by molar-refractivity contribution is -0.176. The number of methoxy groups -OCH3 is 2. The van der Waals surface area contributed by atoms with Crippen LogP contribution in [0.2, 0.25) is 0 Å². The highest BCUT2D eigenvalue weighted by molar-refractivity contribution is 5.93. The smallest absolute Gasteiger partial charge is 0.350 e. The summed E-state index contributed by atoms with van der Waals surface area (Å²) in [5, 5.41) is 57.4. The molecular formula is C15H18O12. The van der Waals surface area contributed by atoms with Crippen LogP contribution in [-0.4, -0.2) is 87.2 Å². The van der Waals surface area contributed by atoms with Crippen molar-refractivity contribution in [2.24, 2.45) is 0 Å². The van der Waals surface area contributed by atoms with Crippen LogP contribution in [0.4, 0.5) is 0 Å². The second-order valence-electron chi connectivity index (χ2n) is 5.16. The van der Waals surface area contributed by atoms with E-state index in [1.807, 2.05) is 0 Å². The van der Waals surface area contributed by atoms with E-state index in [4.69, 9.17) is 4.74 Å². The Bertz CT molecular complexity index is 692. The molecule has 27 heavy (non-hydrogen) atoms. The maximum atomic E-state index is 12.1. The zero-order valence-electron chi connectivity index (χ0n) is 14.1. The van der Waals surface area contributed by atoms with Gasteiger partial charge in [0.2, 0.25) is 6.10 Å². The van der Waals surface area contributed by atoms with Crippen molar-refractivity contribution in [1.82, 2.24) is 0 Å². The van der Waals surface area contributed by atoms with E-state index in [1.54, 1.807) is 0 Å². The second-order valence-corrected chi connectivity index (χ2v) is 5.16. The molecule has 1 rings (SSSR count). The summed E-state index contributed by atoms with van der Waals surface area (Å²) in [6, 6.07) is 1.38. The number of benzene rings is 1. The molecule has 6 N–H and O–H groups in total. The number of ether oxygens (including phenoxy) is 3. The molecule has 0 bridgehead atoms. The molecule has 12 heteroatoms. The normalized spacial score (nSPS) is 15.1. The Balaban J connectivity index is 3.09. The van der Waals surface area contributed by atoms with Crippen molar-refractivity contribution in [3.63, 3.8) is 0 Å². The fraction of sp³-hybridized carbons (Fsp3) is 0.400. The third kappa shape index (κ3) is 4.97. The predicted molar refractivity (Wildman–Crippen MR) is 82.7 cm³/mol. The Kier molecular flexibility index (Phi) is 7.34. The summed E-state index contributed by atoms with van der Waals surface area (Å²) < 4.78 is 13.2. The molecule has 0 radical (unpaired) electrons. The van der Waals surface area contributed by atoms with Crippen molar-refractivity contribution in [2.45, 2.75) is 24.4 Å². The average molecular weight is 390 g/mol. The summed E-state index contributed by atoms with van der Waals surface area (Å²) in [6.07, 6.45) is -9.07. The second kappa shape index (κ2) is 9.02. The first kappa shape index (κ1) is 22.0. The van der Waals surface area contributed by atoms with E-state index in [9.17, 15) is 45.0 Å². The Morgan fingerprint density at radius 2 is 1.33 bits per heavy atom. The number of carbonyl (C=O) groups excluding carboxylic acids is 3. The van der Waals surface area contributed by atoms with Crippen molar-refractivity contribution in [3.8, 4) is 17.2 Å². The van der Waals surface area contributed by atoms with Gasteiger partial charge in [-0.25, -0.2) is 14.4 Å². The van der Waals surface area contributed by atoms with Crippen LogP contribution in [0.25, 0.3) is 0 Å². The summed E-state index contributed by atoms with van der Waals surface area (Å²) in [5.74, 6) is -6.72. The summed E-state index contributed by atoms with van der Waals surface area (Å²) >= 11 is 0. The SMILES string of the molecule is COC(=O)[C@@H](O)[C@H](O)[C@H](O)[C@@H](OC(=O)c1cc(O)c(O)c(O)c1)C(=O)OC. The largest absolute Gasteiger partial charge is 0.504 e. The molecule has 1 aromatic carbocycles. The number of esters is 3. The van der Waals surface area contributed by atoms with Gasteiger partial charge in [0.05, 0.1) is 19.8 Å². The van der Waals surface area contributed by atoms with Crippen LogP contribution in [0.1, 0.15) is 10.4 Å². The molecule has 12 nitrogen and oxygen atoms in total. The van der Waals surface area contributed by atoms with Crippen molar-refractivity contribution in [2.75, 3.05) is 14.2 Å². The minimum absolute atomic E-state index is 0.535. The molecule has 0 spiro atoms. The van der Waals surface area contributed by atoms with Gasteiger partial charge in [-0.05, 0) is 12.1 Å². The van der Waals surface area contributed by atoms with E-state index in [1.165, 1.54) is 0 Å². The van der Waals surface area contributed by atoms with E-state index in [2.05, 4.69) is 9.47 Å². The van der Waals surface area contributed by atoms with Crippen LogP contribution in [0.5, 0.6) is 17.2 Å². The third-order valence-corrected chi connectivity index (χ3v) is 3.40. The van der Waals surface area contributed by atoms with Gasteiger partial charge in [-0.2, -0.15) is 0 Å². The predicted octanol–water partition coefficient (Wildman–Crippen LogP) is -2.24. The minimum Gasteiger partial charge on any atom is -0.504 e. The highest BCUT2D eigenvalue weighted by Gasteiger charge is 2.42. The molecule has 0 saturated heterocycles. The van der Waals surface area contributed by atoms with Gasteiger partial charge in [0, 0.05) is 0 Å². The van der Waals surface area contributed by atoms with E-state index in [0.717, 1.165) is 14.2 Å². The van der Waals surface area contributed by atoms with Gasteiger partial charge in [0.1, 0.15) is 12.2 Å². The highest BCUT2D eigenvalue weighted by atomic mass is 16.6. The number of rotatable bonds is 7. The van der Waals surface area contributed by atoms with Gasteiger partial charge in [-0.15, -0.1) is 0 Å². The lowest BCUT2D eigenvalue weighted by Crippen LogP contribution is -2.52. The minimum atomic E-state index is -2.31. The lowest BCUT2D eigenvalue weighted by atomic mass is 10.0. The molecule has 0 amide bonds. The van der Waals surface area contributed by atoms with Crippen LogP contribution >= 0.6 is 0 Å². The molecule has 0 aromatic heterocycles. The van der Waals surface area contributed by atoms with Crippen LogP contribution in [0.15, 0.2) is 12.1 Å². The molecule has 0 fully saturated rings. The van der Waals surface area contributed by atoms with E-state index in [-0.39, 0.29) is 0 Å². The zero-order valence-corrected chi connectivity index (χ0v) is 14.1. The van der Waals surface area contributed by atoms with Crippen LogP contribution in [-0.2, 0) is 23.8 Å². The van der Waals surface area contributed by atoms with Crippen molar-refractivity contribution in [3.05, 3.63) is 17.7 Å². The van der Waals surface area contributed by atoms with Gasteiger partial charge in [-0.3, -0.25) is 0 Å². The summed E-state index contributed by atoms with van der Waals surface area (Å²) in [4.78, 5) is 35.1. The first-order valence-electron chi connectivity index (χ1n) is 7.20. The molecule has 0 aliphatic heterocycles. The molecule has 0 unspecified atom stereocenters. The summed E-state index contributed by atoms with van der Waals surface area (Å²) in [6.45, 7) is 0. The molecule has 150 valence electrons. The average Bonchev–Trinajstić information content (AvgIpc) is 2.66. The van der Waals surface area contributed by atoms with Gasteiger partial charge < -0.3 is 44.8 Å². The van der Waals surface area contributed by atoms with Crippen molar-refractivity contribution < 1.29 is 59.2 Å². The Morgan fingerprint density at radius 1 is 0.852 bits per heavy atom. The van der Waals surface area contributed by atoms with Gasteiger partial charge in [0.25, 0.3) is 0 Å². The van der Waals surface area contributed by atoms with Crippen molar-refractivity contribution >= 4 is 17.9 Å². The standard InChI is InChI=1S/C15H18O12/c1-25-14(23)11(21)9(19)10(20)12(15(24)26-2)27-13(22)5-3-6(16)8(18)7(17)4-5/h3-4,9-12,16-21H,1-2H3/t9-,10+,11+,12-/m1/s1. The summed E-state index contributed by atoms with van der Waals surface area (Å²) in [5.41, 5.74) is -0.535. The summed E-state index contributed by atoms with van der Waals surface area (Å²) in [7, 11) is 1.77.